The zero-order valence-corrected chi connectivity index (χ0v) is 23.4. The molecule has 2 unspecified atom stereocenters. The Morgan fingerprint density at radius 1 is 1.23 bits per heavy atom. The van der Waals surface area contributed by atoms with Crippen LogP contribution < -0.4 is 5.32 Å². The maximum atomic E-state index is 14.4. The zero-order valence-electron chi connectivity index (χ0n) is 23.4. The van der Waals surface area contributed by atoms with Gasteiger partial charge in [0.2, 0.25) is 12.3 Å². The highest BCUT2D eigenvalue weighted by molar-refractivity contribution is 5.85. The number of nitrogens with zero attached hydrogens (tertiary/aromatic N) is 4. The lowest BCUT2D eigenvalue weighted by atomic mass is 10.0. The molecular formula is C29H41F2N5O3. The molecule has 1 aromatic rings. The number of carbonyl (C=O) groups excluding carboxylic acids is 3. The number of rotatable bonds is 10. The second-order valence-corrected chi connectivity index (χ2v) is 9.50. The normalized spacial score (nSPS) is 20.4. The smallest absolute Gasteiger partial charge is 0.333 e. The highest BCUT2D eigenvalue weighted by atomic mass is 19.1. The molecule has 8 nitrogen and oxygen atoms in total. The lowest BCUT2D eigenvalue weighted by Gasteiger charge is -2.49. The van der Waals surface area contributed by atoms with Gasteiger partial charge in [0.15, 0.2) is 0 Å². The molecule has 1 N–H and O–H groups in total. The van der Waals surface area contributed by atoms with Crippen LogP contribution in [0.25, 0.3) is 0 Å². The summed E-state index contributed by atoms with van der Waals surface area (Å²) in [6, 6.07) is 1.86. The fourth-order valence-corrected chi connectivity index (χ4v) is 4.45. The molecule has 0 spiro atoms. The van der Waals surface area contributed by atoms with E-state index in [4.69, 9.17) is 0 Å². The van der Waals surface area contributed by atoms with E-state index in [2.05, 4.69) is 25.7 Å². The highest BCUT2D eigenvalue weighted by Gasteiger charge is 2.43. The van der Waals surface area contributed by atoms with Crippen LogP contribution in [0.1, 0.15) is 46.1 Å². The van der Waals surface area contributed by atoms with Gasteiger partial charge in [-0.15, -0.1) is 6.58 Å². The van der Waals surface area contributed by atoms with Gasteiger partial charge < -0.3 is 15.1 Å². The fourth-order valence-electron chi connectivity index (χ4n) is 4.45. The van der Waals surface area contributed by atoms with Gasteiger partial charge in [0.25, 0.3) is 0 Å². The van der Waals surface area contributed by atoms with Gasteiger partial charge in [-0.25, -0.2) is 23.6 Å². The van der Waals surface area contributed by atoms with E-state index in [9.17, 15) is 23.2 Å². The molecule has 0 radical (unpaired) electrons. The average Bonchev–Trinajstić information content (AvgIpc) is 2.92. The Balaban J connectivity index is 0.00000170. The van der Waals surface area contributed by atoms with Gasteiger partial charge in [-0.3, -0.25) is 9.59 Å². The standard InChI is InChI=1S/C26H33F2N5O3.C3H8/c1-4-13-31(5-2)33(26(36)29-15-20-9-7-6-8-10-20)24-17-30(25(35)19(3)32(24)18-34)16-21-11-12-22(27)14-23(21)28;1-3-2/h4,6-9,11-12,14,18-20,24H,1,5,10,13,15-17H2,2-3H3,(H,29,36);3H2,1-2H3/t19-,20?,24?;/m0./s1. The van der Waals surface area contributed by atoms with Gasteiger partial charge in [0, 0.05) is 37.8 Å². The number of allylic oxidation sites excluding steroid dienone is 3. The summed E-state index contributed by atoms with van der Waals surface area (Å²) in [6.07, 6.45) is 11.3. The summed E-state index contributed by atoms with van der Waals surface area (Å²) in [4.78, 5) is 41.4. The first-order valence-corrected chi connectivity index (χ1v) is 13.4. The van der Waals surface area contributed by atoms with Crippen molar-refractivity contribution in [3.8, 4) is 0 Å². The molecule has 0 bridgehead atoms. The third-order valence-electron chi connectivity index (χ3n) is 6.43. The van der Waals surface area contributed by atoms with Crippen molar-refractivity contribution < 1.29 is 23.2 Å². The fraction of sp³-hybridized carbons (Fsp3) is 0.483. The van der Waals surface area contributed by atoms with Gasteiger partial charge in [0.1, 0.15) is 23.8 Å². The van der Waals surface area contributed by atoms with E-state index >= 15 is 0 Å². The number of likely N-dealkylation sites (N-methyl/N-ethyl adjacent to an activating group) is 1. The van der Waals surface area contributed by atoms with E-state index in [0.717, 1.165) is 18.6 Å². The molecule has 3 rings (SSSR count). The molecule has 214 valence electrons. The lowest BCUT2D eigenvalue weighted by Crippen LogP contribution is -2.70. The molecule has 1 aliphatic carbocycles. The van der Waals surface area contributed by atoms with Crippen LogP contribution in [0.2, 0.25) is 0 Å². The van der Waals surface area contributed by atoms with Crippen molar-refractivity contribution in [2.75, 3.05) is 26.2 Å². The summed E-state index contributed by atoms with van der Waals surface area (Å²) in [6.45, 7) is 12.4. The van der Waals surface area contributed by atoms with Crippen LogP contribution in [-0.2, 0) is 16.1 Å². The van der Waals surface area contributed by atoms with Crippen molar-refractivity contribution in [3.63, 3.8) is 0 Å². The molecule has 2 aliphatic rings. The Morgan fingerprint density at radius 2 is 1.95 bits per heavy atom. The predicted molar refractivity (Wildman–Crippen MR) is 148 cm³/mol. The number of benzene rings is 1. The largest absolute Gasteiger partial charge is 0.336 e. The van der Waals surface area contributed by atoms with Gasteiger partial charge in [0.05, 0.1) is 6.54 Å². The van der Waals surface area contributed by atoms with Crippen LogP contribution >= 0.6 is 0 Å². The molecule has 1 aromatic carbocycles. The summed E-state index contributed by atoms with van der Waals surface area (Å²) in [5.41, 5.74) is 0.141. The van der Waals surface area contributed by atoms with E-state index in [1.165, 1.54) is 27.3 Å². The molecule has 1 aliphatic heterocycles. The molecule has 39 heavy (non-hydrogen) atoms. The number of carbonyl (C=O) groups is 3. The molecule has 1 fully saturated rings. The number of halogens is 2. The van der Waals surface area contributed by atoms with Crippen molar-refractivity contribution in [2.45, 2.75) is 59.3 Å². The van der Waals surface area contributed by atoms with E-state index < -0.39 is 35.8 Å². The third-order valence-corrected chi connectivity index (χ3v) is 6.43. The van der Waals surface area contributed by atoms with Crippen LogP contribution in [0, 0.1) is 17.6 Å². The Morgan fingerprint density at radius 3 is 2.51 bits per heavy atom. The van der Waals surface area contributed by atoms with Gasteiger partial charge in [-0.2, -0.15) is 0 Å². The summed E-state index contributed by atoms with van der Waals surface area (Å²) in [7, 11) is 0. The molecule has 1 saturated heterocycles. The molecule has 0 aromatic heterocycles. The van der Waals surface area contributed by atoms with Gasteiger partial charge in [-0.1, -0.05) is 63.6 Å². The number of hydrazine groups is 1. The Labute approximate surface area is 230 Å². The first-order chi connectivity index (χ1) is 18.7. The van der Waals surface area contributed by atoms with E-state index in [1.807, 2.05) is 31.2 Å². The Bertz CT molecular complexity index is 1050. The minimum absolute atomic E-state index is 0.0497. The summed E-state index contributed by atoms with van der Waals surface area (Å²) in [5, 5.41) is 6.13. The number of piperazine rings is 1. The maximum Gasteiger partial charge on any atom is 0.333 e. The van der Waals surface area contributed by atoms with Crippen molar-refractivity contribution >= 4 is 18.3 Å². The van der Waals surface area contributed by atoms with E-state index in [1.54, 1.807) is 18.0 Å². The Kier molecular flexibility index (Phi) is 12.8. The molecule has 1 heterocycles. The summed E-state index contributed by atoms with van der Waals surface area (Å²) in [5.74, 6) is -1.74. The monoisotopic (exact) mass is 545 g/mol. The molecule has 4 amide bonds. The SMILES string of the molecule is C=CCN(CC)N(C(=O)NCC1C=CC=CC1)C1CN(Cc2ccc(F)cc2F)C(=O)[C@H](C)N1C=O.CCC. The van der Waals surface area contributed by atoms with Crippen LogP contribution in [0.15, 0.2) is 55.2 Å². The number of nitrogens with one attached hydrogen (secondary N) is 1. The molecule has 0 saturated carbocycles. The zero-order chi connectivity index (χ0) is 28.9. The van der Waals surface area contributed by atoms with Crippen LogP contribution in [0.3, 0.4) is 0 Å². The first kappa shape index (κ1) is 31.7. The van der Waals surface area contributed by atoms with Crippen LogP contribution in [-0.4, -0.2) is 76.6 Å². The second-order valence-electron chi connectivity index (χ2n) is 9.50. The number of amides is 4. The van der Waals surface area contributed by atoms with Crippen molar-refractivity contribution in [3.05, 3.63) is 72.4 Å². The van der Waals surface area contributed by atoms with Crippen molar-refractivity contribution in [2.24, 2.45) is 5.92 Å². The van der Waals surface area contributed by atoms with Crippen molar-refractivity contribution in [1.29, 1.82) is 0 Å². The minimum atomic E-state index is -0.895. The molecule has 3 atom stereocenters. The summed E-state index contributed by atoms with van der Waals surface area (Å²) < 4.78 is 27.8. The van der Waals surface area contributed by atoms with Crippen LogP contribution in [0.4, 0.5) is 13.6 Å². The maximum absolute atomic E-state index is 14.4. The number of hydrogen-bond donors (Lipinski definition) is 1. The van der Waals surface area contributed by atoms with E-state index in [0.29, 0.717) is 26.0 Å². The summed E-state index contributed by atoms with van der Waals surface area (Å²) >= 11 is 0. The Hall–Kier alpha value is -3.53. The number of urea groups is 1. The average molecular weight is 546 g/mol. The quantitative estimate of drug-likeness (QED) is 0.268. The van der Waals surface area contributed by atoms with Crippen molar-refractivity contribution in [1.82, 2.24) is 25.1 Å². The first-order valence-electron chi connectivity index (χ1n) is 13.4. The third kappa shape index (κ3) is 8.48. The predicted octanol–water partition coefficient (Wildman–Crippen LogP) is 4.46. The molecule has 10 heteroatoms. The topological polar surface area (TPSA) is 76.2 Å². The second kappa shape index (κ2) is 15.8. The van der Waals surface area contributed by atoms with Gasteiger partial charge in [-0.05, 0) is 25.3 Å². The van der Waals surface area contributed by atoms with E-state index in [-0.39, 0.29) is 24.6 Å². The minimum Gasteiger partial charge on any atom is -0.336 e. The number of hydrogen-bond acceptors (Lipinski definition) is 4. The lowest BCUT2D eigenvalue weighted by molar-refractivity contribution is -0.165. The molecular weight excluding hydrogens is 504 g/mol. The van der Waals surface area contributed by atoms with Crippen LogP contribution in [0.5, 0.6) is 0 Å². The highest BCUT2D eigenvalue weighted by Crippen LogP contribution is 2.23. The van der Waals surface area contributed by atoms with Gasteiger partial charge >= 0.3 is 6.03 Å².